The van der Waals surface area contributed by atoms with Crippen LogP contribution in [0.4, 0.5) is 0 Å². The highest BCUT2D eigenvalue weighted by atomic mass is 16.7. The van der Waals surface area contributed by atoms with Gasteiger partial charge in [0.15, 0.2) is 17.9 Å². The summed E-state index contributed by atoms with van der Waals surface area (Å²) in [5, 5.41) is 47.7. The second kappa shape index (κ2) is 10.7. The van der Waals surface area contributed by atoms with Crippen molar-refractivity contribution < 1.29 is 53.8 Å². The summed E-state index contributed by atoms with van der Waals surface area (Å²) in [6.45, 7) is 2.52. The number of phenols is 2. The molecule has 0 saturated carbocycles. The van der Waals surface area contributed by atoms with Gasteiger partial charge in [-0.05, 0) is 19.9 Å². The molecule has 6 atom stereocenters. The molecule has 0 aromatic heterocycles. The molecule has 42 heavy (non-hydrogen) atoms. The van der Waals surface area contributed by atoms with E-state index in [1.807, 2.05) is 0 Å². The molecule has 2 aromatic rings. The van der Waals surface area contributed by atoms with Crippen molar-refractivity contribution in [3.63, 3.8) is 0 Å². The molecule has 13 heteroatoms. The maximum atomic E-state index is 13.7. The lowest BCUT2D eigenvalue weighted by Gasteiger charge is -2.42. The fraction of sp³-hybridized carbons (Fsp3) is 0.448. The van der Waals surface area contributed by atoms with E-state index in [-0.39, 0.29) is 47.4 Å². The second-order valence-corrected chi connectivity index (χ2v) is 10.9. The fourth-order valence-corrected chi connectivity index (χ4v) is 6.06. The van der Waals surface area contributed by atoms with Crippen LogP contribution < -0.4 is 15.8 Å². The van der Waals surface area contributed by atoms with Gasteiger partial charge >= 0.3 is 0 Å². The summed E-state index contributed by atoms with van der Waals surface area (Å²) in [6, 6.07) is 3.71. The van der Waals surface area contributed by atoms with E-state index in [9.17, 15) is 39.6 Å². The van der Waals surface area contributed by atoms with E-state index in [0.717, 1.165) is 6.92 Å². The quantitative estimate of drug-likeness (QED) is 0.205. The zero-order chi connectivity index (χ0) is 30.7. The summed E-state index contributed by atoms with van der Waals surface area (Å²) in [5.74, 6) is -4.00. The highest BCUT2D eigenvalue weighted by Gasteiger charge is 2.49. The summed E-state index contributed by atoms with van der Waals surface area (Å²) in [7, 11) is 1.33. The van der Waals surface area contributed by atoms with E-state index in [1.165, 1.54) is 25.3 Å². The van der Waals surface area contributed by atoms with Gasteiger partial charge in [0.05, 0.1) is 48.7 Å². The molecular weight excluding hydrogens is 552 g/mol. The van der Waals surface area contributed by atoms with Gasteiger partial charge < -0.3 is 45.7 Å². The predicted molar refractivity (Wildman–Crippen MR) is 143 cm³/mol. The monoisotopic (exact) mass is 584 g/mol. The standard InChI is InChI=1S/C29H32N2O11/c1-11-24(34)15(31-10-18(30)33)7-19(41-11)42-17-9-29(39,12(2)32)8-14-21(17)28(38)23-22(26(14)36)25(35)13-5-4-6-16(40-3)20(13)27(23)37/h4-6,11,15,17,19,24,31,34,36,38-39H,7-10H2,1-3H3,(H2,30,33)/t11?,15?,17-,19?,24?,29-/m0/s1. The Morgan fingerprint density at radius 1 is 1.14 bits per heavy atom. The van der Waals surface area contributed by atoms with Gasteiger partial charge in [0.1, 0.15) is 22.8 Å². The molecule has 13 nitrogen and oxygen atoms in total. The molecule has 1 heterocycles. The largest absolute Gasteiger partial charge is 0.507 e. The van der Waals surface area contributed by atoms with Gasteiger partial charge in [0.25, 0.3) is 0 Å². The third kappa shape index (κ3) is 4.72. The minimum atomic E-state index is -2.05. The van der Waals surface area contributed by atoms with E-state index in [4.69, 9.17) is 19.9 Å². The van der Waals surface area contributed by atoms with E-state index in [0.29, 0.717) is 0 Å². The number of Topliss-reactive ketones (excluding diaryl/α,β-unsaturated/α-hetero) is 1. The number of hydrogen-bond donors (Lipinski definition) is 6. The number of nitrogens with one attached hydrogen (secondary N) is 1. The Balaban J connectivity index is 1.61. The zero-order valence-corrected chi connectivity index (χ0v) is 23.2. The molecule has 0 bridgehead atoms. The molecule has 3 aliphatic rings. The van der Waals surface area contributed by atoms with Crippen LogP contribution in [0.2, 0.25) is 0 Å². The molecule has 0 radical (unpaired) electrons. The Kier molecular flexibility index (Phi) is 7.58. The number of hydrogen-bond acceptors (Lipinski definition) is 12. The van der Waals surface area contributed by atoms with Crippen LogP contribution in [-0.4, -0.2) is 87.5 Å². The van der Waals surface area contributed by atoms with Gasteiger partial charge in [-0.1, -0.05) is 12.1 Å². The van der Waals surface area contributed by atoms with Crippen LogP contribution >= 0.6 is 0 Å². The Bertz CT molecular complexity index is 1510. The van der Waals surface area contributed by atoms with Crippen molar-refractivity contribution in [2.24, 2.45) is 5.73 Å². The van der Waals surface area contributed by atoms with Crippen LogP contribution in [0.5, 0.6) is 17.2 Å². The number of ketones is 3. The number of rotatable bonds is 7. The Hall–Kier alpha value is -3.88. The molecule has 2 aliphatic carbocycles. The van der Waals surface area contributed by atoms with Crippen LogP contribution in [-0.2, 0) is 25.5 Å². The van der Waals surface area contributed by atoms with Gasteiger partial charge in [0.2, 0.25) is 11.7 Å². The number of benzene rings is 2. The van der Waals surface area contributed by atoms with Crippen molar-refractivity contribution >= 4 is 23.3 Å². The molecule has 1 aliphatic heterocycles. The fourth-order valence-electron chi connectivity index (χ4n) is 6.06. The van der Waals surface area contributed by atoms with E-state index >= 15 is 0 Å². The van der Waals surface area contributed by atoms with E-state index in [2.05, 4.69) is 5.32 Å². The Labute approximate surface area is 240 Å². The first-order valence-electron chi connectivity index (χ1n) is 13.4. The van der Waals surface area contributed by atoms with Crippen LogP contribution in [0, 0.1) is 0 Å². The summed E-state index contributed by atoms with van der Waals surface area (Å²) in [6.07, 6.45) is -5.03. The van der Waals surface area contributed by atoms with Crippen molar-refractivity contribution in [1.29, 1.82) is 0 Å². The highest BCUT2D eigenvalue weighted by Crippen LogP contribution is 2.52. The van der Waals surface area contributed by atoms with Crippen LogP contribution in [0.1, 0.15) is 75.8 Å². The van der Waals surface area contributed by atoms with Crippen LogP contribution in [0.15, 0.2) is 18.2 Å². The summed E-state index contributed by atoms with van der Waals surface area (Å²) in [5.41, 5.74) is 1.94. The molecule has 5 rings (SSSR count). The third-order valence-electron chi connectivity index (χ3n) is 8.29. The van der Waals surface area contributed by atoms with Crippen molar-refractivity contribution in [3.8, 4) is 17.2 Å². The minimum absolute atomic E-state index is 0.00277. The number of carbonyl (C=O) groups excluding carboxylic acids is 4. The van der Waals surface area contributed by atoms with Crippen LogP contribution in [0.3, 0.4) is 0 Å². The number of fused-ring (bicyclic) bond motifs is 3. The summed E-state index contributed by atoms with van der Waals surface area (Å²) in [4.78, 5) is 51.2. The average molecular weight is 585 g/mol. The number of amides is 1. The normalized spacial score (nSPS) is 28.5. The topological polar surface area (TPSA) is 215 Å². The number of methoxy groups -OCH3 is 1. The van der Waals surface area contributed by atoms with E-state index < -0.39 is 88.5 Å². The SMILES string of the molecule is COc1cccc2c1C(=O)c1c(O)c3c(c(O)c1C2=O)C[C@@](O)(C(C)=O)C[C@@H]3OC1CC(NCC(N)=O)C(O)C(C)O1. The van der Waals surface area contributed by atoms with Crippen molar-refractivity contribution in [3.05, 3.63) is 51.6 Å². The van der Waals surface area contributed by atoms with E-state index in [1.54, 1.807) is 6.92 Å². The average Bonchev–Trinajstić information content (AvgIpc) is 2.93. The molecule has 2 aromatic carbocycles. The second-order valence-electron chi connectivity index (χ2n) is 10.9. The van der Waals surface area contributed by atoms with Gasteiger partial charge in [-0.25, -0.2) is 0 Å². The molecule has 1 fully saturated rings. The first-order valence-corrected chi connectivity index (χ1v) is 13.4. The molecule has 0 spiro atoms. The molecule has 4 unspecified atom stereocenters. The van der Waals surface area contributed by atoms with Crippen molar-refractivity contribution in [2.45, 2.75) is 69.4 Å². The number of primary amides is 1. The first-order chi connectivity index (χ1) is 19.8. The summed E-state index contributed by atoms with van der Waals surface area (Å²) >= 11 is 0. The number of carbonyl (C=O) groups is 4. The number of phenolic OH excluding ortho intramolecular Hbond substituents is 2. The van der Waals surface area contributed by atoms with Gasteiger partial charge in [-0.3, -0.25) is 19.2 Å². The lowest BCUT2D eigenvalue weighted by atomic mass is 9.72. The summed E-state index contributed by atoms with van der Waals surface area (Å²) < 4.78 is 17.3. The first kappa shape index (κ1) is 29.6. The maximum absolute atomic E-state index is 13.7. The van der Waals surface area contributed by atoms with Crippen molar-refractivity contribution in [2.75, 3.05) is 13.7 Å². The molecule has 224 valence electrons. The van der Waals surface area contributed by atoms with Gasteiger partial charge in [-0.15, -0.1) is 0 Å². The lowest BCUT2D eigenvalue weighted by molar-refractivity contribution is -0.249. The predicted octanol–water partition coefficient (Wildman–Crippen LogP) is 0.145. The van der Waals surface area contributed by atoms with Crippen LogP contribution in [0.25, 0.3) is 0 Å². The Morgan fingerprint density at radius 2 is 1.83 bits per heavy atom. The molecule has 1 saturated heterocycles. The number of nitrogens with two attached hydrogens (primary N) is 1. The number of aliphatic hydroxyl groups excluding tert-OH is 1. The number of ether oxygens (including phenoxy) is 3. The Morgan fingerprint density at radius 3 is 2.48 bits per heavy atom. The molecule has 7 N–H and O–H groups in total. The zero-order valence-electron chi connectivity index (χ0n) is 23.2. The van der Waals surface area contributed by atoms with Gasteiger partial charge in [-0.2, -0.15) is 0 Å². The third-order valence-corrected chi connectivity index (χ3v) is 8.29. The smallest absolute Gasteiger partial charge is 0.231 e. The molecular formula is C29H32N2O11. The number of aliphatic hydroxyl groups is 2. The molecule has 1 amide bonds. The van der Waals surface area contributed by atoms with Gasteiger partial charge in [0, 0.05) is 42.0 Å². The van der Waals surface area contributed by atoms with Crippen molar-refractivity contribution in [1.82, 2.24) is 5.32 Å². The lowest BCUT2D eigenvalue weighted by Crippen LogP contribution is -2.55. The highest BCUT2D eigenvalue weighted by molar-refractivity contribution is 6.31. The minimum Gasteiger partial charge on any atom is -0.507 e. The number of aromatic hydroxyl groups is 2. The maximum Gasteiger partial charge on any atom is 0.231 e.